The van der Waals surface area contributed by atoms with Crippen LogP contribution in [0.15, 0.2) is 11.6 Å². The van der Waals surface area contributed by atoms with Crippen molar-refractivity contribution in [1.29, 1.82) is 0 Å². The molecule has 4 aliphatic carbocycles. The average molecular weight is 646 g/mol. The summed E-state index contributed by atoms with van der Waals surface area (Å²) < 4.78 is 29.4. The summed E-state index contributed by atoms with van der Waals surface area (Å²) in [7, 11) is 0. The van der Waals surface area contributed by atoms with E-state index in [2.05, 4.69) is 13.8 Å². The van der Waals surface area contributed by atoms with Crippen LogP contribution in [0.5, 0.6) is 0 Å². The highest BCUT2D eigenvalue weighted by molar-refractivity contribution is 5.97. The quantitative estimate of drug-likeness (QED) is 0.279. The Morgan fingerprint density at radius 2 is 1.80 bits per heavy atom. The van der Waals surface area contributed by atoms with Crippen molar-refractivity contribution in [2.75, 3.05) is 26.6 Å². The Morgan fingerprint density at radius 1 is 1.07 bits per heavy atom. The predicted molar refractivity (Wildman–Crippen MR) is 169 cm³/mol. The lowest BCUT2D eigenvalue weighted by Crippen LogP contribution is -2.64. The van der Waals surface area contributed by atoms with Crippen LogP contribution in [0, 0.1) is 58.2 Å². The summed E-state index contributed by atoms with van der Waals surface area (Å²) in [6, 6.07) is -0.156. The lowest BCUT2D eigenvalue weighted by atomic mass is 9.45. The molecule has 2 N–H and O–H groups in total. The number of hydrogen-bond donors (Lipinski definition) is 1. The van der Waals surface area contributed by atoms with Gasteiger partial charge in [-0.15, -0.1) is 0 Å². The summed E-state index contributed by atoms with van der Waals surface area (Å²) >= 11 is 0. The van der Waals surface area contributed by atoms with E-state index >= 15 is 0 Å². The first-order valence-electron chi connectivity index (χ1n) is 17.4. The molecule has 11 atom stereocenters. The third-order valence-corrected chi connectivity index (χ3v) is 11.3. The van der Waals surface area contributed by atoms with Crippen LogP contribution in [0.4, 0.5) is 0 Å². The molecule has 3 saturated carbocycles. The molecule has 0 radical (unpaired) electrons. The van der Waals surface area contributed by atoms with Gasteiger partial charge in [0.1, 0.15) is 6.10 Å². The summed E-state index contributed by atoms with van der Waals surface area (Å²) in [6.45, 7) is 13.7. The smallest absolute Gasteiger partial charge is 0.314 e. The molecule has 5 rings (SSSR count). The van der Waals surface area contributed by atoms with Crippen LogP contribution in [0.2, 0.25) is 0 Å². The fraction of sp³-hybridized carbons (Fsp3) is 0.833. The number of ketones is 1. The van der Waals surface area contributed by atoms with Gasteiger partial charge in [0.2, 0.25) is 6.79 Å². The van der Waals surface area contributed by atoms with Gasteiger partial charge in [-0.25, -0.2) is 0 Å². The van der Waals surface area contributed by atoms with Gasteiger partial charge in [0.25, 0.3) is 0 Å². The molecule has 0 amide bonds. The van der Waals surface area contributed by atoms with Crippen molar-refractivity contribution in [3.05, 3.63) is 11.6 Å². The molecule has 1 saturated heterocycles. The average Bonchev–Trinajstić information content (AvgIpc) is 2.95. The van der Waals surface area contributed by atoms with Crippen LogP contribution in [0.25, 0.3) is 0 Å². The zero-order valence-corrected chi connectivity index (χ0v) is 28.8. The Labute approximate surface area is 273 Å². The lowest BCUT2D eigenvalue weighted by Gasteiger charge is -2.63. The van der Waals surface area contributed by atoms with Crippen molar-refractivity contribution in [2.45, 2.75) is 105 Å². The third-order valence-electron chi connectivity index (χ3n) is 11.3. The van der Waals surface area contributed by atoms with Crippen molar-refractivity contribution in [2.24, 2.45) is 63.9 Å². The second-order valence-electron chi connectivity index (χ2n) is 16.2. The minimum atomic E-state index is -0.717. The molecular formula is C36H55NO9. The molecule has 5 aliphatic rings. The number of nitrogens with two attached hydrogens (primary N) is 1. The maximum atomic E-state index is 14.3. The number of hydrogen-bond acceptors (Lipinski definition) is 10. The topological polar surface area (TPSA) is 140 Å². The number of allylic oxidation sites excluding steroid dienone is 1. The van der Waals surface area contributed by atoms with Crippen molar-refractivity contribution in [3.8, 4) is 0 Å². The number of carbonyl (C=O) groups is 4. The highest BCUT2D eigenvalue weighted by Crippen LogP contribution is 2.64. The Bertz CT molecular complexity index is 1200. The Hall–Kier alpha value is -2.30. The van der Waals surface area contributed by atoms with Gasteiger partial charge in [-0.1, -0.05) is 19.4 Å². The fourth-order valence-electron chi connectivity index (χ4n) is 9.67. The maximum Gasteiger partial charge on any atom is 0.314 e. The third kappa shape index (κ3) is 6.81. The summed E-state index contributed by atoms with van der Waals surface area (Å²) in [5, 5.41) is 0. The number of carbonyl (C=O) groups excluding carboxylic acids is 4. The van der Waals surface area contributed by atoms with E-state index in [0.717, 1.165) is 37.7 Å². The first-order valence-corrected chi connectivity index (χ1v) is 17.4. The Kier molecular flexibility index (Phi) is 10.4. The minimum absolute atomic E-state index is 0.000489. The van der Waals surface area contributed by atoms with Crippen LogP contribution in [-0.4, -0.2) is 68.6 Å². The molecule has 4 fully saturated rings. The van der Waals surface area contributed by atoms with E-state index in [-0.39, 0.29) is 53.5 Å². The normalized spacial score (nSPS) is 37.6. The van der Waals surface area contributed by atoms with E-state index in [9.17, 15) is 19.2 Å². The summed E-state index contributed by atoms with van der Waals surface area (Å²) in [5.41, 5.74) is 5.99. The van der Waals surface area contributed by atoms with E-state index in [1.54, 1.807) is 20.8 Å². The monoisotopic (exact) mass is 645 g/mol. The van der Waals surface area contributed by atoms with Crippen molar-refractivity contribution < 1.29 is 42.9 Å². The molecular weight excluding hydrogens is 590 g/mol. The van der Waals surface area contributed by atoms with Gasteiger partial charge in [-0.2, -0.15) is 0 Å². The van der Waals surface area contributed by atoms with E-state index < -0.39 is 47.5 Å². The Balaban J connectivity index is 1.45. The standard InChI is InChI=1S/C36H55NO9/c1-19(2)12-22-8-9-24-23-10-11-26-25-16-42-17-36(26,14-29(46-21(4)38)32(25)43-15-20(3)37)27(23)13-28(39)31(24)30(22)33(40)44-18-45-34(41)35(5,6)7/h13,19-20,22-26,29-32H,8-12,14-18,37H2,1-7H3/t20?,22?,23?,24?,25?,26?,29-,30?,31?,32-,36-/m1/s1. The molecule has 46 heavy (non-hydrogen) atoms. The molecule has 8 unspecified atom stereocenters. The van der Waals surface area contributed by atoms with Gasteiger partial charge in [-0.3, -0.25) is 19.2 Å². The molecule has 0 aromatic heterocycles. The van der Waals surface area contributed by atoms with Gasteiger partial charge in [0.15, 0.2) is 5.78 Å². The molecule has 0 aromatic rings. The van der Waals surface area contributed by atoms with Gasteiger partial charge in [0, 0.05) is 30.2 Å². The highest BCUT2D eigenvalue weighted by Gasteiger charge is 2.64. The lowest BCUT2D eigenvalue weighted by molar-refractivity contribution is -0.225. The summed E-state index contributed by atoms with van der Waals surface area (Å²) in [4.78, 5) is 52.7. The van der Waals surface area contributed by atoms with Gasteiger partial charge in [-0.05, 0) is 102 Å². The number of esters is 3. The van der Waals surface area contributed by atoms with Crippen LogP contribution in [0.3, 0.4) is 0 Å². The molecule has 1 heterocycles. The molecule has 0 spiro atoms. The Morgan fingerprint density at radius 3 is 2.46 bits per heavy atom. The van der Waals surface area contributed by atoms with Gasteiger partial charge >= 0.3 is 17.9 Å². The molecule has 10 nitrogen and oxygen atoms in total. The SMILES string of the molecule is CC(=O)O[C@@H]1C[C@@]23COCC(C2CCC2C3=CC(=O)C3C2CCC(CC(C)C)C3C(=O)OCOC(=O)C(C)(C)C)[C@H]1OCC(C)N. The van der Waals surface area contributed by atoms with Crippen LogP contribution < -0.4 is 5.73 Å². The minimum Gasteiger partial charge on any atom is -0.460 e. The number of fused-ring (bicyclic) bond motifs is 3. The van der Waals surface area contributed by atoms with Crippen LogP contribution in [0.1, 0.15) is 87.0 Å². The van der Waals surface area contributed by atoms with Gasteiger partial charge in [0.05, 0.1) is 37.3 Å². The van der Waals surface area contributed by atoms with Crippen molar-refractivity contribution in [1.82, 2.24) is 0 Å². The first kappa shape index (κ1) is 35.0. The largest absolute Gasteiger partial charge is 0.460 e. The van der Waals surface area contributed by atoms with E-state index in [4.69, 9.17) is 29.4 Å². The number of rotatable bonds is 9. The highest BCUT2D eigenvalue weighted by atomic mass is 16.7. The van der Waals surface area contributed by atoms with E-state index in [0.29, 0.717) is 32.2 Å². The summed E-state index contributed by atoms with van der Waals surface area (Å²) in [5.74, 6) is -1.65. The second kappa shape index (κ2) is 13.7. The maximum absolute atomic E-state index is 14.3. The number of ether oxygens (including phenoxy) is 5. The van der Waals surface area contributed by atoms with E-state index in [1.807, 2.05) is 13.0 Å². The van der Waals surface area contributed by atoms with Gasteiger partial charge < -0.3 is 29.4 Å². The zero-order valence-electron chi connectivity index (χ0n) is 28.8. The fourth-order valence-corrected chi connectivity index (χ4v) is 9.67. The predicted octanol–water partition coefficient (Wildman–Crippen LogP) is 4.62. The van der Waals surface area contributed by atoms with Crippen molar-refractivity contribution >= 4 is 23.7 Å². The summed E-state index contributed by atoms with van der Waals surface area (Å²) in [6.07, 6.45) is 5.94. The zero-order chi connectivity index (χ0) is 33.6. The second-order valence-corrected chi connectivity index (χ2v) is 16.2. The van der Waals surface area contributed by atoms with Crippen LogP contribution in [-0.2, 0) is 42.9 Å². The first-order chi connectivity index (χ1) is 21.6. The molecule has 1 aliphatic heterocycles. The molecule has 0 aromatic carbocycles. The van der Waals surface area contributed by atoms with E-state index in [1.165, 1.54) is 6.92 Å². The molecule has 10 heteroatoms. The van der Waals surface area contributed by atoms with Crippen LogP contribution >= 0.6 is 0 Å². The molecule has 258 valence electrons. The molecule has 2 bridgehead atoms. The van der Waals surface area contributed by atoms with Crippen molar-refractivity contribution in [3.63, 3.8) is 0 Å².